The van der Waals surface area contributed by atoms with Crippen molar-refractivity contribution >= 4 is 5.91 Å². The Morgan fingerprint density at radius 3 is 2.62 bits per heavy atom. The van der Waals surface area contributed by atoms with E-state index in [4.69, 9.17) is 5.26 Å². The molecule has 24 heavy (non-hydrogen) atoms. The number of nitroso groups, excluding NO2 is 1. The van der Waals surface area contributed by atoms with Crippen molar-refractivity contribution in [2.24, 2.45) is 17.1 Å². The molecule has 0 aromatic heterocycles. The average Bonchev–Trinajstić information content (AvgIpc) is 2.98. The van der Waals surface area contributed by atoms with E-state index < -0.39 is 11.1 Å². The van der Waals surface area contributed by atoms with Gasteiger partial charge in [-0.1, -0.05) is 0 Å². The van der Waals surface area contributed by atoms with Gasteiger partial charge in [0.15, 0.2) is 0 Å². The third-order valence-corrected chi connectivity index (χ3v) is 6.65. The zero-order valence-corrected chi connectivity index (χ0v) is 13.9. The van der Waals surface area contributed by atoms with Crippen LogP contribution in [-0.4, -0.2) is 51.2 Å². The molecule has 5 rings (SSSR count). The Morgan fingerprint density at radius 1 is 1.33 bits per heavy atom. The van der Waals surface area contributed by atoms with Crippen LogP contribution in [0.3, 0.4) is 0 Å². The van der Waals surface area contributed by atoms with Crippen molar-refractivity contribution in [3.05, 3.63) is 4.91 Å². The van der Waals surface area contributed by atoms with E-state index in [0.29, 0.717) is 31.2 Å². The number of carbonyl (C=O) groups excluding carboxylic acids is 1. The molecular formula is C17H24N4O3. The predicted octanol–water partition coefficient (Wildman–Crippen LogP) is 1.57. The first kappa shape index (κ1) is 15.8. The van der Waals surface area contributed by atoms with Crippen LogP contribution in [0.2, 0.25) is 0 Å². The van der Waals surface area contributed by atoms with Crippen molar-refractivity contribution in [3.8, 4) is 6.07 Å². The lowest BCUT2D eigenvalue weighted by atomic mass is 9.51. The quantitative estimate of drug-likeness (QED) is 0.622. The summed E-state index contributed by atoms with van der Waals surface area (Å²) in [5.41, 5.74) is -1.17. The van der Waals surface area contributed by atoms with Gasteiger partial charge in [0, 0.05) is 13.0 Å². The number of hydrogen-bond donors (Lipinski definition) is 1. The van der Waals surface area contributed by atoms with E-state index in [9.17, 15) is 14.8 Å². The van der Waals surface area contributed by atoms with Gasteiger partial charge in [-0.25, -0.2) is 5.01 Å². The summed E-state index contributed by atoms with van der Waals surface area (Å²) >= 11 is 0. The van der Waals surface area contributed by atoms with Gasteiger partial charge in [0.2, 0.25) is 5.91 Å². The van der Waals surface area contributed by atoms with Crippen molar-refractivity contribution in [1.29, 1.82) is 5.26 Å². The van der Waals surface area contributed by atoms with Crippen LogP contribution < -0.4 is 0 Å². The van der Waals surface area contributed by atoms with Crippen molar-refractivity contribution < 1.29 is 9.90 Å². The minimum atomic E-state index is -0.696. The lowest BCUT2D eigenvalue weighted by Crippen LogP contribution is -2.65. The molecule has 4 bridgehead atoms. The highest BCUT2D eigenvalue weighted by Gasteiger charge is 2.60. The number of carbonyl (C=O) groups is 1. The zero-order chi connectivity index (χ0) is 16.9. The number of rotatable bonds is 4. The van der Waals surface area contributed by atoms with E-state index in [1.165, 1.54) is 5.01 Å². The number of hydrogen-bond acceptors (Lipinski definition) is 5. The van der Waals surface area contributed by atoms with Crippen LogP contribution in [0.15, 0.2) is 5.29 Å². The number of aliphatic hydroxyl groups is 1. The highest BCUT2D eigenvalue weighted by Crippen LogP contribution is 2.59. The molecule has 0 radical (unpaired) electrons. The van der Waals surface area contributed by atoms with Gasteiger partial charge in [-0.15, -0.1) is 4.91 Å². The van der Waals surface area contributed by atoms with Gasteiger partial charge in [-0.05, 0) is 56.8 Å². The Balaban J connectivity index is 1.53. The lowest BCUT2D eigenvalue weighted by molar-refractivity contribution is -0.179. The first-order valence-electron chi connectivity index (χ1n) is 8.99. The fraction of sp³-hybridized carbons (Fsp3) is 0.882. The van der Waals surface area contributed by atoms with E-state index in [2.05, 4.69) is 11.4 Å². The monoisotopic (exact) mass is 332 g/mol. The molecule has 1 saturated heterocycles. The molecule has 4 saturated carbocycles. The van der Waals surface area contributed by atoms with Crippen molar-refractivity contribution in [2.75, 3.05) is 13.1 Å². The maximum absolute atomic E-state index is 12.6. The summed E-state index contributed by atoms with van der Waals surface area (Å²) in [6.07, 6.45) is 6.49. The average molecular weight is 332 g/mol. The third kappa shape index (κ3) is 2.39. The predicted molar refractivity (Wildman–Crippen MR) is 85.2 cm³/mol. The first-order valence-corrected chi connectivity index (χ1v) is 8.99. The van der Waals surface area contributed by atoms with Gasteiger partial charge in [0.1, 0.15) is 12.6 Å². The van der Waals surface area contributed by atoms with Gasteiger partial charge in [-0.3, -0.25) is 4.79 Å². The van der Waals surface area contributed by atoms with Gasteiger partial charge in [-0.2, -0.15) is 5.26 Å². The van der Waals surface area contributed by atoms with E-state index >= 15 is 0 Å². The fourth-order valence-electron chi connectivity index (χ4n) is 6.17. The summed E-state index contributed by atoms with van der Waals surface area (Å²) in [5, 5.41) is 24.6. The van der Waals surface area contributed by atoms with E-state index in [1.54, 1.807) is 4.90 Å². The van der Waals surface area contributed by atoms with Crippen LogP contribution >= 0.6 is 0 Å². The minimum Gasteiger partial charge on any atom is -0.390 e. The smallest absolute Gasteiger partial charge is 0.245 e. The van der Waals surface area contributed by atoms with E-state index in [0.717, 1.165) is 38.5 Å². The van der Waals surface area contributed by atoms with Gasteiger partial charge in [0.05, 0.1) is 22.5 Å². The standard InChI is InChI=1S/C17H24N4O3/c18-9-14-2-1-3-20(14)15(22)10-21(19-24)16-5-12-4-13(6-16)8-17(23,7-12)11-16/h12-14,23H,1-8,10-11H2/t12-,13+,14-,16?,17?/m0/s1. The molecule has 7 nitrogen and oxygen atoms in total. The molecule has 1 aliphatic heterocycles. The van der Waals surface area contributed by atoms with E-state index in [1.807, 2.05) is 0 Å². The number of nitrogens with zero attached hydrogens (tertiary/aromatic N) is 4. The highest BCUT2D eigenvalue weighted by molar-refractivity contribution is 5.79. The molecule has 5 atom stereocenters. The van der Waals surface area contributed by atoms with Crippen molar-refractivity contribution in [3.63, 3.8) is 0 Å². The van der Waals surface area contributed by atoms with Gasteiger partial charge < -0.3 is 10.0 Å². The molecule has 0 aromatic carbocycles. The molecule has 5 aliphatic rings. The minimum absolute atomic E-state index is 0.0722. The van der Waals surface area contributed by atoms with Gasteiger partial charge in [0.25, 0.3) is 0 Å². The summed E-state index contributed by atoms with van der Waals surface area (Å²) in [4.78, 5) is 25.8. The summed E-state index contributed by atoms with van der Waals surface area (Å²) < 4.78 is 0. The second-order valence-corrected chi connectivity index (χ2v) is 8.42. The first-order chi connectivity index (χ1) is 11.5. The van der Waals surface area contributed by atoms with Gasteiger partial charge >= 0.3 is 0 Å². The van der Waals surface area contributed by atoms with Crippen LogP contribution in [-0.2, 0) is 4.79 Å². The molecule has 0 aromatic rings. The summed E-state index contributed by atoms with van der Waals surface area (Å²) in [6.45, 7) is 0.503. The van der Waals surface area contributed by atoms with Crippen LogP contribution in [0.5, 0.6) is 0 Å². The second-order valence-electron chi connectivity index (χ2n) is 8.42. The Morgan fingerprint density at radius 2 is 2.04 bits per heavy atom. The molecule has 1 N–H and O–H groups in total. The maximum atomic E-state index is 12.6. The maximum Gasteiger partial charge on any atom is 0.245 e. The molecule has 0 spiro atoms. The molecular weight excluding hydrogens is 308 g/mol. The van der Waals surface area contributed by atoms with Crippen LogP contribution in [0.25, 0.3) is 0 Å². The van der Waals surface area contributed by atoms with Crippen molar-refractivity contribution in [2.45, 2.75) is 68.5 Å². The van der Waals surface area contributed by atoms with Crippen LogP contribution in [0.1, 0.15) is 51.4 Å². The highest BCUT2D eigenvalue weighted by atomic mass is 16.3. The molecule has 4 aliphatic carbocycles. The molecule has 2 unspecified atom stereocenters. The zero-order valence-electron chi connectivity index (χ0n) is 13.9. The largest absolute Gasteiger partial charge is 0.390 e. The summed E-state index contributed by atoms with van der Waals surface area (Å²) in [7, 11) is 0. The lowest BCUT2D eigenvalue weighted by Gasteiger charge is -2.61. The Kier molecular flexibility index (Phi) is 3.57. The van der Waals surface area contributed by atoms with Crippen LogP contribution in [0.4, 0.5) is 0 Å². The number of nitriles is 1. The summed E-state index contributed by atoms with van der Waals surface area (Å²) in [6, 6.07) is 1.78. The normalized spacial score (nSPS) is 42.8. The summed E-state index contributed by atoms with van der Waals surface area (Å²) in [5.74, 6) is 0.657. The third-order valence-electron chi connectivity index (χ3n) is 6.65. The number of amides is 1. The Bertz CT molecular complexity index is 587. The number of likely N-dealkylation sites (tertiary alicyclic amines) is 1. The Labute approximate surface area is 141 Å². The molecule has 130 valence electrons. The van der Waals surface area contributed by atoms with E-state index in [-0.39, 0.29) is 18.5 Å². The molecule has 1 heterocycles. The van der Waals surface area contributed by atoms with Crippen LogP contribution in [0, 0.1) is 28.1 Å². The topological polar surface area (TPSA) is 97.0 Å². The second kappa shape index (κ2) is 5.41. The molecule has 5 fully saturated rings. The molecule has 1 amide bonds. The van der Waals surface area contributed by atoms with Crippen molar-refractivity contribution in [1.82, 2.24) is 9.91 Å². The fourth-order valence-corrected chi connectivity index (χ4v) is 6.17. The molecule has 7 heteroatoms. The Hall–Kier alpha value is -1.68. The SMILES string of the molecule is N#C[C@@H]1CCCN1C(=O)CN(N=O)C12C[C@@H]3C[C@@H](CC(O)(C3)C1)C2.